The molecule has 0 saturated carbocycles. The van der Waals surface area contributed by atoms with Crippen molar-refractivity contribution in [2.45, 2.75) is 25.9 Å². The molecule has 0 aliphatic rings. The molecule has 0 spiro atoms. The lowest BCUT2D eigenvalue weighted by Gasteiger charge is -2.24. The van der Waals surface area contributed by atoms with Crippen molar-refractivity contribution in [3.05, 3.63) is 20.8 Å². The molecule has 0 saturated heterocycles. The molecule has 0 amide bonds. The van der Waals surface area contributed by atoms with Crippen LogP contribution in [0.3, 0.4) is 0 Å². The number of alkyl halides is 2. The van der Waals surface area contributed by atoms with Crippen molar-refractivity contribution in [3.63, 3.8) is 0 Å². The second-order valence-corrected chi connectivity index (χ2v) is 5.12. The number of thiophene rings is 1. The van der Waals surface area contributed by atoms with Crippen LogP contribution < -0.4 is 0 Å². The topological polar surface area (TPSA) is 20.2 Å². The second-order valence-electron chi connectivity index (χ2n) is 3.32. The summed E-state index contributed by atoms with van der Waals surface area (Å²) in [6.45, 7) is 2.17. The average Bonchev–Trinajstić information content (AvgIpc) is 2.47. The third-order valence-corrected chi connectivity index (χ3v) is 4.13. The van der Waals surface area contributed by atoms with Gasteiger partial charge in [-0.05, 0) is 34.3 Å². The summed E-state index contributed by atoms with van der Waals surface area (Å²) >= 11 is 4.48. The molecule has 1 nitrogen and oxygen atoms in total. The molecular formula is C9H11BrF2OS. The van der Waals surface area contributed by atoms with Crippen molar-refractivity contribution in [2.24, 2.45) is 5.92 Å². The number of hydrogen-bond donors (Lipinski definition) is 1. The van der Waals surface area contributed by atoms with Crippen LogP contribution in [0.15, 0.2) is 15.9 Å². The van der Waals surface area contributed by atoms with E-state index in [9.17, 15) is 13.9 Å². The van der Waals surface area contributed by atoms with Crippen LogP contribution in [0.5, 0.6) is 0 Å². The fourth-order valence-corrected chi connectivity index (χ4v) is 2.72. The second kappa shape index (κ2) is 4.24. The molecule has 0 aliphatic carbocycles. The summed E-state index contributed by atoms with van der Waals surface area (Å²) in [6, 6.07) is 1.74. The highest BCUT2D eigenvalue weighted by Crippen LogP contribution is 2.39. The molecule has 80 valence electrons. The Kier molecular flexibility index (Phi) is 3.66. The summed E-state index contributed by atoms with van der Waals surface area (Å²) in [4.78, 5) is 0.555. The van der Waals surface area contributed by atoms with E-state index in [1.807, 2.05) is 0 Å². The van der Waals surface area contributed by atoms with Crippen molar-refractivity contribution < 1.29 is 13.9 Å². The highest BCUT2D eigenvalue weighted by atomic mass is 79.9. The summed E-state index contributed by atoms with van der Waals surface area (Å²) in [5.74, 6) is -3.96. The van der Waals surface area contributed by atoms with Gasteiger partial charge >= 0.3 is 0 Å². The van der Waals surface area contributed by atoms with Gasteiger partial charge in [-0.25, -0.2) is 8.78 Å². The highest BCUT2D eigenvalue weighted by Gasteiger charge is 2.37. The third kappa shape index (κ3) is 2.52. The van der Waals surface area contributed by atoms with E-state index in [1.54, 1.807) is 11.4 Å². The van der Waals surface area contributed by atoms with Gasteiger partial charge in [0.2, 0.25) is 0 Å². The molecule has 0 aliphatic heterocycles. The van der Waals surface area contributed by atoms with E-state index in [2.05, 4.69) is 15.9 Å². The first-order valence-electron chi connectivity index (χ1n) is 4.13. The lowest BCUT2D eigenvalue weighted by molar-refractivity contribution is -0.0818. The zero-order chi connectivity index (χ0) is 10.9. The number of aliphatic hydroxyl groups is 1. The maximum Gasteiger partial charge on any atom is 0.250 e. The van der Waals surface area contributed by atoms with Crippen LogP contribution in [0.2, 0.25) is 0 Å². The van der Waals surface area contributed by atoms with Crippen molar-refractivity contribution in [1.29, 1.82) is 0 Å². The van der Waals surface area contributed by atoms with Crippen LogP contribution in [0, 0.1) is 5.92 Å². The normalized spacial score (nSPS) is 16.7. The summed E-state index contributed by atoms with van der Waals surface area (Å²) in [7, 11) is 0. The molecule has 1 heterocycles. The monoisotopic (exact) mass is 284 g/mol. The number of aliphatic hydroxyl groups excluding tert-OH is 1. The van der Waals surface area contributed by atoms with Gasteiger partial charge in [0, 0.05) is 9.35 Å². The van der Waals surface area contributed by atoms with Gasteiger partial charge in [0.05, 0.1) is 12.0 Å². The van der Waals surface area contributed by atoms with Gasteiger partial charge in [-0.2, -0.15) is 0 Å². The molecule has 14 heavy (non-hydrogen) atoms. The fourth-order valence-electron chi connectivity index (χ4n) is 1.02. The van der Waals surface area contributed by atoms with Crippen molar-refractivity contribution >= 4 is 27.3 Å². The van der Waals surface area contributed by atoms with Gasteiger partial charge in [0.1, 0.15) is 0 Å². The van der Waals surface area contributed by atoms with Gasteiger partial charge < -0.3 is 5.11 Å². The maximum atomic E-state index is 12.9. The molecule has 0 aromatic carbocycles. The molecule has 2 unspecified atom stereocenters. The van der Waals surface area contributed by atoms with E-state index in [0.29, 0.717) is 9.35 Å². The lowest BCUT2D eigenvalue weighted by Crippen LogP contribution is -2.27. The predicted molar refractivity (Wildman–Crippen MR) is 56.8 cm³/mol. The predicted octanol–water partition coefficient (Wildman–Crippen LogP) is 3.84. The van der Waals surface area contributed by atoms with E-state index in [1.165, 1.54) is 18.3 Å². The minimum atomic E-state index is -2.87. The van der Waals surface area contributed by atoms with Crippen LogP contribution in [0.1, 0.15) is 24.8 Å². The Morgan fingerprint density at radius 3 is 2.50 bits per heavy atom. The SMILES string of the molecule is CC(C(O)c1sccc1Br)C(C)(F)F. The Balaban J connectivity index is 2.86. The zero-order valence-electron chi connectivity index (χ0n) is 7.80. The molecule has 0 radical (unpaired) electrons. The maximum absolute atomic E-state index is 12.9. The molecular weight excluding hydrogens is 274 g/mol. The number of halogens is 3. The first-order valence-corrected chi connectivity index (χ1v) is 5.80. The summed E-state index contributed by atoms with van der Waals surface area (Å²) < 4.78 is 26.5. The van der Waals surface area contributed by atoms with Gasteiger partial charge in [-0.15, -0.1) is 11.3 Å². The average molecular weight is 285 g/mol. The van der Waals surface area contributed by atoms with Crippen molar-refractivity contribution in [2.75, 3.05) is 0 Å². The zero-order valence-corrected chi connectivity index (χ0v) is 10.2. The van der Waals surface area contributed by atoms with E-state index in [-0.39, 0.29) is 0 Å². The van der Waals surface area contributed by atoms with Crippen molar-refractivity contribution in [1.82, 2.24) is 0 Å². The molecule has 5 heteroatoms. The van der Waals surface area contributed by atoms with Crippen LogP contribution >= 0.6 is 27.3 Å². The Hall–Kier alpha value is -0.0000000000000000555. The molecule has 2 atom stereocenters. The minimum absolute atomic E-state index is 0.555. The Bertz CT molecular complexity index is 308. The smallest absolute Gasteiger partial charge is 0.250 e. The summed E-state index contributed by atoms with van der Waals surface area (Å²) in [5.41, 5.74) is 0. The molecule has 1 aromatic heterocycles. The van der Waals surface area contributed by atoms with Crippen LogP contribution in [0.4, 0.5) is 8.78 Å². The molecule has 1 N–H and O–H groups in total. The number of rotatable bonds is 3. The Labute approximate surface area is 93.9 Å². The van der Waals surface area contributed by atoms with Crippen LogP contribution in [0.25, 0.3) is 0 Å². The highest BCUT2D eigenvalue weighted by molar-refractivity contribution is 9.10. The van der Waals surface area contributed by atoms with E-state index < -0.39 is 17.9 Å². The minimum Gasteiger partial charge on any atom is -0.387 e. The molecule has 1 aromatic rings. The molecule has 1 rings (SSSR count). The first-order chi connectivity index (χ1) is 6.34. The standard InChI is InChI=1S/C9H11BrF2OS/c1-5(9(2,11)12)7(13)8-6(10)3-4-14-8/h3-5,7,13H,1-2H3. The van der Waals surface area contributed by atoms with Gasteiger partial charge in [-0.3, -0.25) is 0 Å². The third-order valence-electron chi connectivity index (χ3n) is 2.19. The largest absolute Gasteiger partial charge is 0.387 e. The lowest BCUT2D eigenvalue weighted by atomic mass is 9.97. The van der Waals surface area contributed by atoms with Gasteiger partial charge in [0.15, 0.2) is 0 Å². The Morgan fingerprint density at radius 1 is 1.57 bits per heavy atom. The van der Waals surface area contributed by atoms with E-state index >= 15 is 0 Å². The summed E-state index contributed by atoms with van der Waals surface area (Å²) in [6.07, 6.45) is -1.12. The fraction of sp³-hybridized carbons (Fsp3) is 0.556. The number of hydrogen-bond acceptors (Lipinski definition) is 2. The van der Waals surface area contributed by atoms with E-state index in [4.69, 9.17) is 0 Å². The van der Waals surface area contributed by atoms with Crippen LogP contribution in [-0.4, -0.2) is 11.0 Å². The van der Waals surface area contributed by atoms with Crippen molar-refractivity contribution in [3.8, 4) is 0 Å². The Morgan fingerprint density at radius 2 is 2.14 bits per heavy atom. The summed E-state index contributed by atoms with van der Waals surface area (Å²) in [5, 5.41) is 11.4. The molecule has 0 fully saturated rings. The van der Waals surface area contributed by atoms with Gasteiger partial charge in [0.25, 0.3) is 5.92 Å². The van der Waals surface area contributed by atoms with Gasteiger partial charge in [-0.1, -0.05) is 6.92 Å². The molecule has 0 bridgehead atoms. The quantitative estimate of drug-likeness (QED) is 0.894. The van der Waals surface area contributed by atoms with Crippen LogP contribution in [-0.2, 0) is 0 Å². The first kappa shape index (κ1) is 12.1. The van der Waals surface area contributed by atoms with E-state index in [0.717, 1.165) is 6.92 Å².